The molecule has 0 amide bonds. The summed E-state index contributed by atoms with van der Waals surface area (Å²) in [6.45, 7) is 4.07. The van der Waals surface area contributed by atoms with Gasteiger partial charge in [-0.05, 0) is 74.6 Å². The Morgan fingerprint density at radius 3 is 2.49 bits per heavy atom. The van der Waals surface area contributed by atoms with Gasteiger partial charge in [-0.2, -0.15) is 0 Å². The van der Waals surface area contributed by atoms with Gasteiger partial charge in [-0.3, -0.25) is 4.79 Å². The van der Waals surface area contributed by atoms with Gasteiger partial charge in [-0.15, -0.1) is 0 Å². The molecule has 1 fully saturated rings. The fourth-order valence-corrected chi connectivity index (χ4v) is 5.81. The van der Waals surface area contributed by atoms with Crippen molar-refractivity contribution in [1.29, 1.82) is 0 Å². The molecule has 2 atom stereocenters. The number of Topliss-reactive ketones (excluding diaryl/α,β-unsaturated/α-hetero) is 1. The number of phenolic OH excluding ortho intramolecular Hbond substituents is 1. The number of phenols is 1. The van der Waals surface area contributed by atoms with Gasteiger partial charge in [0.1, 0.15) is 11.9 Å². The lowest BCUT2D eigenvalue weighted by atomic mass is 9.71. The normalized spacial score (nSPS) is 22.7. The Labute approximate surface area is 206 Å². The van der Waals surface area contributed by atoms with Crippen LogP contribution in [0.2, 0.25) is 0 Å². The Bertz CT molecular complexity index is 1200. The average Bonchev–Trinajstić information content (AvgIpc) is 3.36. The van der Waals surface area contributed by atoms with Gasteiger partial charge in [0.05, 0.1) is 5.57 Å². The topological polar surface area (TPSA) is 75.6 Å². The van der Waals surface area contributed by atoms with Crippen LogP contribution in [0.25, 0.3) is 0 Å². The van der Waals surface area contributed by atoms with E-state index in [0.717, 1.165) is 48.2 Å². The second-order valence-corrected chi connectivity index (χ2v) is 10.0. The van der Waals surface area contributed by atoms with E-state index in [4.69, 9.17) is 4.74 Å². The summed E-state index contributed by atoms with van der Waals surface area (Å²) in [4.78, 5) is 27.3. The number of esters is 1. The number of dihydropyridines is 1. The Morgan fingerprint density at radius 1 is 1.06 bits per heavy atom. The molecule has 0 spiro atoms. The van der Waals surface area contributed by atoms with Gasteiger partial charge in [-0.25, -0.2) is 4.79 Å². The van der Waals surface area contributed by atoms with E-state index in [0.29, 0.717) is 30.4 Å². The van der Waals surface area contributed by atoms with Gasteiger partial charge in [0.25, 0.3) is 0 Å². The van der Waals surface area contributed by atoms with Crippen molar-refractivity contribution in [2.75, 3.05) is 0 Å². The van der Waals surface area contributed by atoms with Crippen LogP contribution in [-0.2, 0) is 14.3 Å². The summed E-state index contributed by atoms with van der Waals surface area (Å²) in [6.07, 6.45) is 5.55. The fraction of sp³-hybridized carbons (Fsp3) is 0.400. The van der Waals surface area contributed by atoms with Crippen LogP contribution in [0.4, 0.5) is 0 Å². The zero-order chi connectivity index (χ0) is 24.5. The summed E-state index contributed by atoms with van der Waals surface area (Å²) in [7, 11) is 0. The minimum absolute atomic E-state index is 0.0407. The first kappa shape index (κ1) is 23.4. The maximum Gasteiger partial charge on any atom is 0.337 e. The van der Waals surface area contributed by atoms with Gasteiger partial charge < -0.3 is 15.2 Å². The van der Waals surface area contributed by atoms with E-state index in [1.54, 1.807) is 18.2 Å². The van der Waals surface area contributed by atoms with Crippen molar-refractivity contribution in [2.45, 2.75) is 76.7 Å². The zero-order valence-corrected chi connectivity index (χ0v) is 20.5. The minimum atomic E-state index is -0.548. The number of aromatic hydroxyl groups is 1. The molecule has 0 aromatic heterocycles. The molecule has 2 N–H and O–H groups in total. The summed E-state index contributed by atoms with van der Waals surface area (Å²) in [5, 5.41) is 13.7. The lowest BCUT2D eigenvalue weighted by Gasteiger charge is -2.37. The smallest absolute Gasteiger partial charge is 0.337 e. The predicted molar refractivity (Wildman–Crippen MR) is 135 cm³/mol. The van der Waals surface area contributed by atoms with Crippen molar-refractivity contribution in [2.24, 2.45) is 0 Å². The van der Waals surface area contributed by atoms with E-state index in [-0.39, 0.29) is 29.5 Å². The fourth-order valence-electron chi connectivity index (χ4n) is 5.81. The largest absolute Gasteiger partial charge is 0.508 e. The molecule has 5 nitrogen and oxygen atoms in total. The number of carbonyl (C=O) groups is 2. The van der Waals surface area contributed by atoms with Crippen LogP contribution >= 0.6 is 0 Å². The number of allylic oxidation sites excluding steroid dienone is 3. The number of hydrogen-bond acceptors (Lipinski definition) is 5. The molecule has 2 unspecified atom stereocenters. The van der Waals surface area contributed by atoms with Crippen LogP contribution in [0, 0.1) is 6.92 Å². The molecule has 2 aromatic rings. The van der Waals surface area contributed by atoms with Crippen molar-refractivity contribution < 1.29 is 19.4 Å². The van der Waals surface area contributed by atoms with Crippen molar-refractivity contribution >= 4 is 11.8 Å². The van der Waals surface area contributed by atoms with E-state index >= 15 is 0 Å². The molecule has 5 rings (SSSR count). The molecular weight excluding hydrogens is 438 g/mol. The molecule has 35 heavy (non-hydrogen) atoms. The van der Waals surface area contributed by atoms with Crippen molar-refractivity contribution in [3.63, 3.8) is 0 Å². The van der Waals surface area contributed by atoms with Gasteiger partial charge in [0, 0.05) is 29.3 Å². The molecule has 2 aliphatic carbocycles. The lowest BCUT2D eigenvalue weighted by molar-refractivity contribution is -0.144. The Hall–Kier alpha value is -3.34. The number of rotatable bonds is 5. The van der Waals surface area contributed by atoms with E-state index in [9.17, 15) is 14.7 Å². The van der Waals surface area contributed by atoms with E-state index in [2.05, 4.69) is 36.5 Å². The Kier molecular flexibility index (Phi) is 6.50. The summed E-state index contributed by atoms with van der Waals surface area (Å²) in [5.41, 5.74) is 5.91. The number of ketones is 1. The summed E-state index contributed by atoms with van der Waals surface area (Å²) < 4.78 is 5.95. The molecular formula is C30H33NO4. The first-order valence-corrected chi connectivity index (χ1v) is 12.8. The molecule has 0 radical (unpaired) electrons. The SMILES string of the molecule is CCC1=C(C(=O)OC2CCCC2)C(c2cccc(O)c2)C2=C(CC(c3ccc(C)cc3)CC2=O)N1. The third-order valence-electron chi connectivity index (χ3n) is 7.61. The van der Waals surface area contributed by atoms with Crippen molar-refractivity contribution in [3.8, 4) is 5.75 Å². The van der Waals surface area contributed by atoms with Gasteiger partial charge in [0.15, 0.2) is 5.78 Å². The number of nitrogens with one attached hydrogen (secondary N) is 1. The van der Waals surface area contributed by atoms with Crippen LogP contribution in [-0.4, -0.2) is 23.0 Å². The van der Waals surface area contributed by atoms with Gasteiger partial charge >= 0.3 is 5.97 Å². The first-order valence-electron chi connectivity index (χ1n) is 12.8. The third kappa shape index (κ3) is 4.64. The molecule has 182 valence electrons. The second kappa shape index (κ2) is 9.73. The first-order chi connectivity index (χ1) is 16.9. The number of aryl methyl sites for hydroxylation is 1. The highest BCUT2D eigenvalue weighted by Gasteiger charge is 2.42. The molecule has 3 aliphatic rings. The molecule has 0 bridgehead atoms. The number of benzene rings is 2. The van der Waals surface area contributed by atoms with E-state index in [1.165, 1.54) is 5.56 Å². The average molecular weight is 472 g/mol. The highest BCUT2D eigenvalue weighted by molar-refractivity contribution is 6.04. The molecule has 5 heteroatoms. The maximum absolute atomic E-state index is 13.7. The number of carbonyl (C=O) groups excluding carboxylic acids is 2. The molecule has 1 saturated carbocycles. The van der Waals surface area contributed by atoms with E-state index in [1.807, 2.05) is 13.0 Å². The quantitative estimate of drug-likeness (QED) is 0.528. The Balaban J connectivity index is 1.57. The minimum Gasteiger partial charge on any atom is -0.508 e. The van der Waals surface area contributed by atoms with Crippen LogP contribution in [0.15, 0.2) is 71.1 Å². The van der Waals surface area contributed by atoms with Crippen LogP contribution in [0.3, 0.4) is 0 Å². The zero-order valence-electron chi connectivity index (χ0n) is 20.5. The maximum atomic E-state index is 13.7. The highest BCUT2D eigenvalue weighted by Crippen LogP contribution is 2.46. The molecule has 2 aromatic carbocycles. The molecule has 1 aliphatic heterocycles. The number of hydrogen-bond donors (Lipinski definition) is 2. The van der Waals surface area contributed by atoms with E-state index < -0.39 is 5.92 Å². The van der Waals surface area contributed by atoms with Gasteiger partial charge in [0.2, 0.25) is 0 Å². The van der Waals surface area contributed by atoms with Crippen LogP contribution in [0.5, 0.6) is 5.75 Å². The van der Waals surface area contributed by atoms with Crippen molar-refractivity contribution in [1.82, 2.24) is 5.32 Å². The predicted octanol–water partition coefficient (Wildman–Crippen LogP) is 5.94. The third-order valence-corrected chi connectivity index (χ3v) is 7.61. The van der Waals surface area contributed by atoms with Crippen LogP contribution in [0.1, 0.15) is 80.4 Å². The van der Waals surface area contributed by atoms with Gasteiger partial charge in [-0.1, -0.05) is 48.9 Å². The standard InChI is InChI=1S/C30H33NO4/c1-3-24-29(30(34)35-23-9-4-5-10-23)27(20-7-6-8-22(32)15-20)28-25(31-24)16-21(17-26(28)33)19-13-11-18(2)12-14-19/h6-8,11-15,21,23,27,31-32H,3-5,9-10,16-17H2,1-2H3. The molecule has 1 heterocycles. The van der Waals surface area contributed by atoms with Crippen LogP contribution < -0.4 is 5.32 Å². The monoisotopic (exact) mass is 471 g/mol. The number of ether oxygens (including phenoxy) is 1. The van der Waals surface area contributed by atoms with Crippen molar-refractivity contribution in [3.05, 3.63) is 87.8 Å². The summed E-state index contributed by atoms with van der Waals surface area (Å²) in [5.74, 6) is -0.655. The Morgan fingerprint density at radius 2 is 1.80 bits per heavy atom. The lowest BCUT2D eigenvalue weighted by Crippen LogP contribution is -2.37. The second-order valence-electron chi connectivity index (χ2n) is 10.0. The summed E-state index contributed by atoms with van der Waals surface area (Å²) >= 11 is 0. The highest BCUT2D eigenvalue weighted by atomic mass is 16.5. The summed E-state index contributed by atoms with van der Waals surface area (Å²) in [6, 6.07) is 15.3. The molecule has 0 saturated heterocycles.